The lowest BCUT2D eigenvalue weighted by atomic mass is 10.2. The van der Waals surface area contributed by atoms with Crippen LogP contribution < -0.4 is 5.32 Å². The predicted octanol–water partition coefficient (Wildman–Crippen LogP) is 4.08. The quantitative estimate of drug-likeness (QED) is 0.658. The van der Waals surface area contributed by atoms with Gasteiger partial charge in [0, 0.05) is 23.0 Å². The minimum absolute atomic E-state index is 0.762. The third-order valence-electron chi connectivity index (χ3n) is 3.39. The van der Waals surface area contributed by atoms with Gasteiger partial charge < -0.3 is 5.32 Å². The van der Waals surface area contributed by atoms with E-state index in [0.717, 1.165) is 23.9 Å². The zero-order chi connectivity index (χ0) is 14.3. The average molecular weight is 293 g/mol. The van der Waals surface area contributed by atoms with Crippen LogP contribution in [0.4, 0.5) is 0 Å². The molecule has 0 saturated heterocycles. The van der Waals surface area contributed by atoms with E-state index in [-0.39, 0.29) is 0 Å². The van der Waals surface area contributed by atoms with Crippen LogP contribution >= 0.6 is 11.8 Å². The molecule has 21 heavy (non-hydrogen) atoms. The molecule has 0 radical (unpaired) electrons. The van der Waals surface area contributed by atoms with Crippen LogP contribution in [0.3, 0.4) is 0 Å². The molecule has 106 valence electrons. The fraction of sp³-hybridized carbons (Fsp3) is 0.263. The molecule has 0 aliphatic heterocycles. The van der Waals surface area contributed by atoms with E-state index in [1.165, 1.54) is 23.3 Å². The summed E-state index contributed by atoms with van der Waals surface area (Å²) in [6.07, 6.45) is 2.67. The van der Waals surface area contributed by atoms with Gasteiger partial charge in [-0.2, -0.15) is 0 Å². The molecule has 0 unspecified atom stereocenters. The van der Waals surface area contributed by atoms with Gasteiger partial charge in [0.2, 0.25) is 0 Å². The fourth-order valence-corrected chi connectivity index (χ4v) is 2.79. The molecule has 1 aliphatic carbocycles. The maximum Gasteiger partial charge on any atom is 0.0598 e. The molecule has 0 amide bonds. The van der Waals surface area contributed by atoms with Crippen LogP contribution in [-0.4, -0.2) is 11.8 Å². The van der Waals surface area contributed by atoms with Crippen LogP contribution in [0.25, 0.3) is 0 Å². The van der Waals surface area contributed by atoms with Crippen LogP contribution in [0.2, 0.25) is 0 Å². The highest BCUT2D eigenvalue weighted by molar-refractivity contribution is 7.99. The van der Waals surface area contributed by atoms with Crippen molar-refractivity contribution in [1.29, 1.82) is 0 Å². The average Bonchev–Trinajstić information content (AvgIpc) is 3.35. The topological polar surface area (TPSA) is 12.0 Å². The molecule has 0 atom stereocenters. The van der Waals surface area contributed by atoms with Crippen LogP contribution in [0.15, 0.2) is 59.5 Å². The number of benzene rings is 2. The van der Waals surface area contributed by atoms with Gasteiger partial charge in [0.05, 0.1) is 5.75 Å². The minimum atomic E-state index is 0.762. The van der Waals surface area contributed by atoms with E-state index in [2.05, 4.69) is 41.4 Å². The molecule has 1 aliphatic rings. The smallest absolute Gasteiger partial charge is 0.0598 e. The highest BCUT2D eigenvalue weighted by Crippen LogP contribution is 2.21. The summed E-state index contributed by atoms with van der Waals surface area (Å²) in [5, 5.41) is 3.55. The van der Waals surface area contributed by atoms with Gasteiger partial charge in [-0.1, -0.05) is 42.2 Å². The van der Waals surface area contributed by atoms with Gasteiger partial charge in [-0.05, 0) is 42.7 Å². The number of nitrogens with one attached hydrogen (secondary N) is 1. The lowest BCUT2D eigenvalue weighted by molar-refractivity contribution is 0.687. The molecule has 3 rings (SSSR count). The van der Waals surface area contributed by atoms with Crippen LogP contribution in [-0.2, 0) is 6.54 Å². The van der Waals surface area contributed by atoms with E-state index in [9.17, 15) is 0 Å². The Kier molecular flexibility index (Phi) is 4.99. The fourth-order valence-electron chi connectivity index (χ4n) is 2.07. The van der Waals surface area contributed by atoms with Crippen LogP contribution in [0.1, 0.15) is 24.0 Å². The largest absolute Gasteiger partial charge is 0.310 e. The summed E-state index contributed by atoms with van der Waals surface area (Å²) in [6.45, 7) is 0.981. The maximum absolute atomic E-state index is 3.55. The summed E-state index contributed by atoms with van der Waals surface area (Å²) in [5.74, 6) is 7.25. The Balaban J connectivity index is 1.50. The molecule has 1 nitrogen and oxygen atoms in total. The lowest BCUT2D eigenvalue weighted by Crippen LogP contribution is -2.15. The zero-order valence-corrected chi connectivity index (χ0v) is 12.8. The Labute approximate surface area is 131 Å². The third-order valence-corrected chi connectivity index (χ3v) is 4.26. The lowest BCUT2D eigenvalue weighted by Gasteiger charge is -2.05. The predicted molar refractivity (Wildman–Crippen MR) is 90.3 cm³/mol. The Morgan fingerprint density at radius 1 is 1.05 bits per heavy atom. The van der Waals surface area contributed by atoms with E-state index >= 15 is 0 Å². The minimum Gasteiger partial charge on any atom is -0.310 e. The van der Waals surface area contributed by atoms with E-state index < -0.39 is 0 Å². The first-order valence-electron chi connectivity index (χ1n) is 7.39. The second kappa shape index (κ2) is 7.36. The first kappa shape index (κ1) is 14.3. The molecule has 2 aromatic rings. The summed E-state index contributed by atoms with van der Waals surface area (Å²) in [7, 11) is 0. The Bertz CT molecular complexity index is 635. The Morgan fingerprint density at radius 2 is 1.90 bits per heavy atom. The first-order chi connectivity index (χ1) is 10.4. The Hall–Kier alpha value is -1.69. The van der Waals surface area contributed by atoms with Gasteiger partial charge in [0.25, 0.3) is 0 Å². The molecule has 0 aromatic heterocycles. The molecule has 1 saturated carbocycles. The van der Waals surface area contributed by atoms with E-state index in [1.54, 1.807) is 11.8 Å². The summed E-state index contributed by atoms with van der Waals surface area (Å²) in [6, 6.07) is 19.7. The van der Waals surface area contributed by atoms with E-state index in [4.69, 9.17) is 0 Å². The molecular formula is C19H19NS. The van der Waals surface area contributed by atoms with Gasteiger partial charge in [-0.25, -0.2) is 0 Å². The number of hydrogen-bond acceptors (Lipinski definition) is 2. The van der Waals surface area contributed by atoms with Crippen molar-refractivity contribution in [2.24, 2.45) is 0 Å². The summed E-state index contributed by atoms with van der Waals surface area (Å²) < 4.78 is 0. The van der Waals surface area contributed by atoms with Crippen molar-refractivity contribution in [2.45, 2.75) is 30.3 Å². The molecule has 0 bridgehead atoms. The normalized spacial score (nSPS) is 13.5. The van der Waals surface area contributed by atoms with Crippen molar-refractivity contribution in [3.63, 3.8) is 0 Å². The highest BCUT2D eigenvalue weighted by Gasteiger charge is 2.19. The van der Waals surface area contributed by atoms with Crippen molar-refractivity contribution in [3.05, 3.63) is 65.7 Å². The second-order valence-corrected chi connectivity index (χ2v) is 6.31. The number of rotatable bonds is 5. The number of hydrogen-bond donors (Lipinski definition) is 1. The van der Waals surface area contributed by atoms with E-state index in [0.29, 0.717) is 0 Å². The van der Waals surface area contributed by atoms with Gasteiger partial charge in [0.15, 0.2) is 0 Å². The molecule has 0 spiro atoms. The molecule has 0 heterocycles. The standard InChI is InChI=1S/C19H19NS/c1-2-6-16(7-3-1)9-5-13-21-19-10-4-8-17(14-19)15-20-18-11-12-18/h1-4,6-8,10,14,18,20H,11-13,15H2. The van der Waals surface area contributed by atoms with Gasteiger partial charge in [0.1, 0.15) is 0 Å². The zero-order valence-electron chi connectivity index (χ0n) is 12.0. The van der Waals surface area contributed by atoms with Crippen LogP contribution in [0, 0.1) is 11.8 Å². The van der Waals surface area contributed by atoms with Gasteiger partial charge in [-0.3, -0.25) is 0 Å². The van der Waals surface area contributed by atoms with Gasteiger partial charge >= 0.3 is 0 Å². The van der Waals surface area contributed by atoms with Crippen molar-refractivity contribution in [2.75, 3.05) is 5.75 Å². The monoisotopic (exact) mass is 293 g/mol. The summed E-state index contributed by atoms with van der Waals surface area (Å²) in [4.78, 5) is 1.30. The maximum atomic E-state index is 3.55. The van der Waals surface area contributed by atoms with Crippen molar-refractivity contribution >= 4 is 11.8 Å². The summed E-state index contributed by atoms with van der Waals surface area (Å²) >= 11 is 1.80. The van der Waals surface area contributed by atoms with Gasteiger partial charge in [-0.15, -0.1) is 11.8 Å². The third kappa shape index (κ3) is 4.97. The van der Waals surface area contributed by atoms with Crippen molar-refractivity contribution in [1.82, 2.24) is 5.32 Å². The second-order valence-electron chi connectivity index (χ2n) is 5.26. The molecule has 2 aromatic carbocycles. The van der Waals surface area contributed by atoms with E-state index in [1.807, 2.05) is 30.3 Å². The SMILES string of the molecule is C(#Cc1ccccc1)CSc1cccc(CNC2CC2)c1. The molecule has 1 fully saturated rings. The number of thioether (sulfide) groups is 1. The van der Waals surface area contributed by atoms with Crippen LogP contribution in [0.5, 0.6) is 0 Å². The molecule has 2 heteroatoms. The molecular weight excluding hydrogens is 274 g/mol. The van der Waals surface area contributed by atoms with Crippen molar-refractivity contribution < 1.29 is 0 Å². The van der Waals surface area contributed by atoms with Crippen molar-refractivity contribution in [3.8, 4) is 11.8 Å². The molecule has 1 N–H and O–H groups in total. The Morgan fingerprint density at radius 3 is 2.71 bits per heavy atom. The highest BCUT2D eigenvalue weighted by atomic mass is 32.2. The summed E-state index contributed by atoms with van der Waals surface area (Å²) in [5.41, 5.74) is 2.45. The first-order valence-corrected chi connectivity index (χ1v) is 8.38.